The number of aliphatic hydroxyl groups is 1. The van der Waals surface area contributed by atoms with Crippen molar-refractivity contribution >= 4 is 45.2 Å². The zero-order valence-corrected chi connectivity index (χ0v) is 31.1. The average molecular weight is 804 g/mol. The van der Waals surface area contributed by atoms with Crippen LogP contribution in [0.3, 0.4) is 0 Å². The molecule has 3 aromatic heterocycles. The predicted molar refractivity (Wildman–Crippen MR) is 193 cm³/mol. The Morgan fingerprint density at radius 1 is 1.11 bits per heavy atom. The number of pyridine rings is 1. The number of alkyl halides is 4. The number of nitrogens with one attached hydrogen (secondary N) is 2. The molecule has 1 fully saturated rings. The van der Waals surface area contributed by atoms with Crippen LogP contribution in [0.5, 0.6) is 0 Å². The van der Waals surface area contributed by atoms with Crippen molar-refractivity contribution in [1.82, 2.24) is 29.9 Å². The first-order valence-corrected chi connectivity index (χ1v) is 18.8. The number of anilines is 1. The highest BCUT2D eigenvalue weighted by molar-refractivity contribution is 7.85. The Balaban J connectivity index is 1.38. The normalized spacial score (nSPS) is 18.1. The summed E-state index contributed by atoms with van der Waals surface area (Å²) in [6.07, 6.45) is -2.01. The number of carbonyl (C=O) groups is 1. The van der Waals surface area contributed by atoms with Crippen LogP contribution in [-0.4, -0.2) is 51.6 Å². The van der Waals surface area contributed by atoms with Gasteiger partial charge in [0.1, 0.15) is 51.8 Å². The second-order valence-electron chi connectivity index (χ2n) is 14.1. The molecule has 10 nitrogen and oxygen atoms in total. The molecule has 3 N–H and O–H groups in total. The first-order valence-electron chi connectivity index (χ1n) is 16.9. The number of benzene rings is 2. The van der Waals surface area contributed by atoms with Gasteiger partial charge < -0.3 is 10.4 Å². The third-order valence-electron chi connectivity index (χ3n) is 9.38. The number of hydrogen-bond donors (Lipinski definition) is 3. The molecule has 0 saturated heterocycles. The van der Waals surface area contributed by atoms with Crippen molar-refractivity contribution < 1.29 is 40.5 Å². The van der Waals surface area contributed by atoms with E-state index in [0.717, 1.165) is 12.1 Å². The molecule has 2 aromatic carbocycles. The highest BCUT2D eigenvalue weighted by atomic mass is 35.5. The van der Waals surface area contributed by atoms with Crippen molar-refractivity contribution in [3.05, 3.63) is 93.0 Å². The molecule has 0 radical (unpaired) electrons. The summed E-state index contributed by atoms with van der Waals surface area (Å²) in [5.74, 6) is -2.53. The molecule has 5 aromatic rings. The molecule has 18 heteroatoms. The molecule has 55 heavy (non-hydrogen) atoms. The average Bonchev–Trinajstić information content (AvgIpc) is 3.62. The zero-order chi connectivity index (χ0) is 39.7. The van der Waals surface area contributed by atoms with E-state index >= 15 is 8.78 Å². The van der Waals surface area contributed by atoms with E-state index < -0.39 is 82.3 Å². The summed E-state index contributed by atoms with van der Waals surface area (Å²) >= 11 is 6.62. The molecule has 2 aliphatic rings. The molecule has 1 amide bonds. The predicted octanol–water partition coefficient (Wildman–Crippen LogP) is 6.84. The van der Waals surface area contributed by atoms with Crippen LogP contribution in [0.15, 0.2) is 42.5 Å². The lowest BCUT2D eigenvalue weighted by atomic mass is 9.93. The molecule has 1 saturated carbocycles. The second-order valence-corrected chi connectivity index (χ2v) is 15.6. The monoisotopic (exact) mass is 803 g/mol. The van der Waals surface area contributed by atoms with Crippen LogP contribution in [0.4, 0.5) is 32.2 Å². The fraction of sp³-hybridized carbons (Fsp3) is 0.351. The van der Waals surface area contributed by atoms with Gasteiger partial charge in [0.2, 0.25) is 5.91 Å². The maximum Gasteiger partial charge on any atom is 0.293 e. The van der Waals surface area contributed by atoms with Gasteiger partial charge in [0.05, 0.1) is 27.7 Å². The van der Waals surface area contributed by atoms with E-state index in [2.05, 4.69) is 32.1 Å². The molecule has 0 bridgehead atoms. The van der Waals surface area contributed by atoms with Crippen molar-refractivity contribution in [1.29, 1.82) is 0 Å². The number of aromatic nitrogens is 5. The van der Waals surface area contributed by atoms with Crippen LogP contribution in [0.1, 0.15) is 72.6 Å². The van der Waals surface area contributed by atoms with Gasteiger partial charge in [0.25, 0.3) is 12.3 Å². The minimum absolute atomic E-state index is 0.0352. The van der Waals surface area contributed by atoms with Gasteiger partial charge in [-0.3, -0.25) is 18.9 Å². The fourth-order valence-corrected chi connectivity index (χ4v) is 7.85. The van der Waals surface area contributed by atoms with E-state index in [4.69, 9.17) is 16.6 Å². The van der Waals surface area contributed by atoms with Gasteiger partial charge in [-0.1, -0.05) is 23.6 Å². The summed E-state index contributed by atoms with van der Waals surface area (Å²) in [5.41, 5.74) is -1.69. The minimum atomic E-state index is -3.48. The Labute approximate surface area is 317 Å². The zero-order valence-electron chi connectivity index (χ0n) is 29.5. The van der Waals surface area contributed by atoms with Gasteiger partial charge >= 0.3 is 0 Å². The van der Waals surface area contributed by atoms with Gasteiger partial charge in [-0.2, -0.15) is 19.0 Å². The third kappa shape index (κ3) is 7.42. The number of nitrogens with zero attached hydrogens (tertiary/aromatic N) is 5. The van der Waals surface area contributed by atoms with E-state index in [1.165, 1.54) is 24.8 Å². The molecule has 7 rings (SSSR count). The lowest BCUT2D eigenvalue weighted by Crippen LogP contribution is -2.35. The smallest absolute Gasteiger partial charge is 0.293 e. The van der Waals surface area contributed by atoms with Crippen LogP contribution in [0.25, 0.3) is 22.0 Å². The summed E-state index contributed by atoms with van der Waals surface area (Å²) in [6, 6.07) is 7.87. The molecular weight excluding hydrogens is 772 g/mol. The maximum absolute atomic E-state index is 15.4. The van der Waals surface area contributed by atoms with Gasteiger partial charge in [0, 0.05) is 42.0 Å². The van der Waals surface area contributed by atoms with Crippen LogP contribution < -0.4 is 10.0 Å². The molecule has 4 atom stereocenters. The van der Waals surface area contributed by atoms with Crippen LogP contribution in [0.2, 0.25) is 5.02 Å². The third-order valence-corrected chi connectivity index (χ3v) is 10.2. The Morgan fingerprint density at radius 3 is 2.45 bits per heavy atom. The minimum Gasteiger partial charge on any atom is -0.378 e. The fourth-order valence-electron chi connectivity index (χ4n) is 7.19. The van der Waals surface area contributed by atoms with E-state index in [1.54, 1.807) is 31.3 Å². The summed E-state index contributed by atoms with van der Waals surface area (Å²) in [4.78, 5) is 18.6. The van der Waals surface area contributed by atoms with Crippen molar-refractivity contribution in [3.8, 4) is 23.0 Å². The van der Waals surface area contributed by atoms with Crippen molar-refractivity contribution in [3.63, 3.8) is 0 Å². The van der Waals surface area contributed by atoms with Gasteiger partial charge in [-0.25, -0.2) is 26.8 Å². The summed E-state index contributed by atoms with van der Waals surface area (Å²) in [6.45, 7) is 2.02. The summed E-state index contributed by atoms with van der Waals surface area (Å²) < 4.78 is 105. The number of rotatable bonds is 10. The highest BCUT2D eigenvalue weighted by Gasteiger charge is 2.67. The largest absolute Gasteiger partial charge is 0.378 e. The topological polar surface area (TPSA) is 127 Å². The molecule has 0 aliphatic heterocycles. The molecular formula is C37H32ClF6N7O3S. The lowest BCUT2D eigenvalue weighted by Gasteiger charge is -2.23. The number of amides is 1. The van der Waals surface area contributed by atoms with Crippen LogP contribution in [0, 0.1) is 29.4 Å². The SMILES string of the molecule is Cn1nc(NS(C)=O)c2c(Cl)ccc(-c3ccc(C#CC(C)(C)O)nc3[C@H](Cc3cc(F)cc(F)c3)NC(=O)Cn3nc(C(F)F)c4c3C(F)(F)[C@@H]3C[C@H]43)c21. The van der Waals surface area contributed by atoms with Crippen molar-refractivity contribution in [2.24, 2.45) is 13.0 Å². The van der Waals surface area contributed by atoms with E-state index in [9.17, 15) is 31.7 Å². The molecule has 0 spiro atoms. The van der Waals surface area contributed by atoms with E-state index in [0.29, 0.717) is 32.8 Å². The van der Waals surface area contributed by atoms with Crippen LogP contribution >= 0.6 is 11.6 Å². The summed E-state index contributed by atoms with van der Waals surface area (Å²) in [7, 11) is 0.0815. The van der Waals surface area contributed by atoms with E-state index in [1.807, 2.05) is 0 Å². The second kappa shape index (κ2) is 14.0. The summed E-state index contributed by atoms with van der Waals surface area (Å²) in [5, 5.41) is 21.9. The number of fused-ring (bicyclic) bond motifs is 4. The first kappa shape index (κ1) is 38.4. The Bertz CT molecular complexity index is 2450. The number of aryl methyl sites for hydroxylation is 1. The van der Waals surface area contributed by atoms with Gasteiger partial charge in [0.15, 0.2) is 5.82 Å². The van der Waals surface area contributed by atoms with Crippen LogP contribution in [-0.2, 0) is 41.7 Å². The van der Waals surface area contributed by atoms with E-state index in [-0.39, 0.29) is 46.2 Å². The van der Waals surface area contributed by atoms with Crippen molar-refractivity contribution in [2.75, 3.05) is 11.0 Å². The Kier molecular flexibility index (Phi) is 9.75. The van der Waals surface area contributed by atoms with Gasteiger partial charge in [-0.05, 0) is 74.4 Å². The molecule has 3 heterocycles. The lowest BCUT2D eigenvalue weighted by molar-refractivity contribution is -0.123. The first-order chi connectivity index (χ1) is 25.8. The number of hydrogen-bond acceptors (Lipinski definition) is 6. The quantitative estimate of drug-likeness (QED) is 0.105. The van der Waals surface area contributed by atoms with Crippen molar-refractivity contribution in [2.45, 2.75) is 63.1 Å². The number of halogens is 7. The Morgan fingerprint density at radius 2 is 1.80 bits per heavy atom. The van der Waals surface area contributed by atoms with Gasteiger partial charge in [-0.15, -0.1) is 0 Å². The number of carbonyl (C=O) groups excluding carboxylic acids is 1. The molecule has 1 unspecified atom stereocenters. The standard InChI is InChI=1S/C37H32ClF6N7O3S/c1-36(2,53)10-9-20-5-6-21(22-7-8-25(38)29-32(22)50(3)48-35(29)49-55(4)54)30(45-20)26(13-17-11-18(39)14-19(40)12-17)46-27(52)16-51-33-28(31(47-51)34(41)42)23-15-24(23)37(33,43)44/h5-8,11-12,14,23-24,26,34,53H,13,15-16H2,1-4H3,(H,46,52)(H,48,49)/t23-,24+,26-,55?/m0/s1. The molecule has 288 valence electrons. The highest BCUT2D eigenvalue weighted by Crippen LogP contribution is 2.68. The Hall–Kier alpha value is -4.92. The maximum atomic E-state index is 15.4. The molecule has 2 aliphatic carbocycles.